The molecule has 1 amide bonds. The number of fused-ring (bicyclic) bond motifs is 1. The summed E-state index contributed by atoms with van der Waals surface area (Å²) in [4.78, 5) is 16.7. The number of hydrogen-bond acceptors (Lipinski definition) is 5. The van der Waals surface area contributed by atoms with Crippen LogP contribution in [0.25, 0.3) is 0 Å². The van der Waals surface area contributed by atoms with E-state index >= 15 is 0 Å². The molecule has 1 aromatic heterocycles. The van der Waals surface area contributed by atoms with Gasteiger partial charge in [-0.15, -0.1) is 0 Å². The van der Waals surface area contributed by atoms with Gasteiger partial charge in [0.05, 0.1) is 19.2 Å². The molecule has 7 heteroatoms. The first-order valence-corrected chi connectivity index (χ1v) is 6.90. The lowest BCUT2D eigenvalue weighted by Gasteiger charge is -2.19. The number of anilines is 2. The van der Waals surface area contributed by atoms with Crippen molar-refractivity contribution in [3.05, 3.63) is 41.4 Å². The molecular formula is C15H17N5O2. The highest BCUT2D eigenvalue weighted by molar-refractivity contribution is 6.04. The molecule has 0 radical (unpaired) electrons. The maximum Gasteiger partial charge on any atom is 0.255 e. The quantitative estimate of drug-likeness (QED) is 0.905. The van der Waals surface area contributed by atoms with Crippen molar-refractivity contribution in [2.45, 2.75) is 20.4 Å². The minimum absolute atomic E-state index is 0.158. The summed E-state index contributed by atoms with van der Waals surface area (Å²) < 4.78 is 6.78. The van der Waals surface area contributed by atoms with Crippen LogP contribution < -0.4 is 15.4 Å². The summed E-state index contributed by atoms with van der Waals surface area (Å²) in [6.45, 7) is 4.08. The van der Waals surface area contributed by atoms with Crippen molar-refractivity contribution in [2.75, 3.05) is 17.7 Å². The molecule has 0 saturated heterocycles. The zero-order chi connectivity index (χ0) is 15.7. The first-order valence-electron chi connectivity index (χ1n) is 6.90. The van der Waals surface area contributed by atoms with Gasteiger partial charge >= 0.3 is 0 Å². The van der Waals surface area contributed by atoms with Crippen LogP contribution in [0.3, 0.4) is 0 Å². The summed E-state index contributed by atoms with van der Waals surface area (Å²) in [7, 11) is 1.60. The Hall–Kier alpha value is -2.83. The number of nitrogens with zero attached hydrogens (tertiary/aromatic N) is 3. The molecule has 2 N–H and O–H groups in total. The summed E-state index contributed by atoms with van der Waals surface area (Å²) in [5.74, 6) is 1.92. The van der Waals surface area contributed by atoms with E-state index in [4.69, 9.17) is 4.74 Å². The number of rotatable bonds is 3. The van der Waals surface area contributed by atoms with E-state index in [0.717, 1.165) is 11.4 Å². The van der Waals surface area contributed by atoms with Gasteiger partial charge in [0.2, 0.25) is 5.95 Å². The zero-order valence-electron chi connectivity index (χ0n) is 12.7. The molecule has 0 fully saturated rings. The van der Waals surface area contributed by atoms with Gasteiger partial charge in [0.25, 0.3) is 5.91 Å². The molecule has 0 bridgehead atoms. The van der Waals surface area contributed by atoms with Gasteiger partial charge in [0.1, 0.15) is 11.6 Å². The second-order valence-electron chi connectivity index (χ2n) is 5.05. The van der Waals surface area contributed by atoms with Crippen molar-refractivity contribution in [3.8, 4) is 5.75 Å². The highest BCUT2D eigenvalue weighted by Crippen LogP contribution is 2.21. The Labute approximate surface area is 128 Å². The Balaban J connectivity index is 1.76. The van der Waals surface area contributed by atoms with Crippen LogP contribution in [0.15, 0.2) is 35.5 Å². The average molecular weight is 299 g/mol. The van der Waals surface area contributed by atoms with Crippen LogP contribution in [0, 0.1) is 6.92 Å². The molecule has 7 nitrogen and oxygen atoms in total. The van der Waals surface area contributed by atoms with E-state index in [1.54, 1.807) is 36.1 Å². The fourth-order valence-corrected chi connectivity index (χ4v) is 2.29. The minimum Gasteiger partial charge on any atom is -0.497 e. The minimum atomic E-state index is -0.158. The van der Waals surface area contributed by atoms with Crippen LogP contribution in [0.4, 0.5) is 11.6 Å². The lowest BCUT2D eigenvalue weighted by Crippen LogP contribution is -2.26. The van der Waals surface area contributed by atoms with Crippen LogP contribution in [0.5, 0.6) is 5.75 Å². The first-order chi connectivity index (χ1) is 10.6. The van der Waals surface area contributed by atoms with E-state index in [0.29, 0.717) is 29.6 Å². The predicted octanol–water partition coefficient (Wildman–Crippen LogP) is 1.93. The molecule has 1 aliphatic rings. The van der Waals surface area contributed by atoms with Crippen LogP contribution in [0.1, 0.15) is 12.7 Å². The number of hydrogen-bond donors (Lipinski definition) is 2. The Kier molecular flexibility index (Phi) is 3.54. The van der Waals surface area contributed by atoms with E-state index in [1.807, 2.05) is 13.8 Å². The number of amides is 1. The third-order valence-corrected chi connectivity index (χ3v) is 3.46. The summed E-state index contributed by atoms with van der Waals surface area (Å²) in [5, 5.41) is 10.2. The second kappa shape index (κ2) is 5.51. The van der Waals surface area contributed by atoms with Crippen LogP contribution in [0.2, 0.25) is 0 Å². The largest absolute Gasteiger partial charge is 0.497 e. The number of carbonyl (C=O) groups excluding carboxylic acids is 1. The van der Waals surface area contributed by atoms with E-state index in [2.05, 4.69) is 20.7 Å². The summed E-state index contributed by atoms with van der Waals surface area (Å²) in [6, 6.07) is 7.20. The van der Waals surface area contributed by atoms with Crippen molar-refractivity contribution in [1.82, 2.24) is 14.8 Å². The van der Waals surface area contributed by atoms with E-state index in [-0.39, 0.29) is 5.91 Å². The van der Waals surface area contributed by atoms with Crippen molar-refractivity contribution < 1.29 is 9.53 Å². The average Bonchev–Trinajstić information content (AvgIpc) is 2.86. The number of ether oxygens (including phenoxy) is 1. The van der Waals surface area contributed by atoms with Crippen molar-refractivity contribution >= 4 is 17.5 Å². The van der Waals surface area contributed by atoms with E-state index in [9.17, 15) is 4.79 Å². The molecule has 1 aliphatic heterocycles. The molecular weight excluding hydrogens is 282 g/mol. The topological polar surface area (TPSA) is 81.1 Å². The Bertz CT molecular complexity index is 746. The summed E-state index contributed by atoms with van der Waals surface area (Å²) in [5.41, 5.74) is 2.13. The lowest BCUT2D eigenvalue weighted by atomic mass is 10.1. The van der Waals surface area contributed by atoms with Gasteiger partial charge in [0, 0.05) is 11.4 Å². The Morgan fingerprint density at radius 3 is 2.73 bits per heavy atom. The lowest BCUT2D eigenvalue weighted by molar-refractivity contribution is -0.113. The molecule has 114 valence electrons. The number of benzene rings is 1. The highest BCUT2D eigenvalue weighted by Gasteiger charge is 2.22. The Morgan fingerprint density at radius 2 is 2.05 bits per heavy atom. The van der Waals surface area contributed by atoms with E-state index < -0.39 is 0 Å². The number of aryl methyl sites for hydroxylation is 1. The van der Waals surface area contributed by atoms with Gasteiger partial charge in [-0.05, 0) is 38.1 Å². The third kappa shape index (κ3) is 2.65. The maximum absolute atomic E-state index is 12.4. The van der Waals surface area contributed by atoms with Crippen molar-refractivity contribution in [3.63, 3.8) is 0 Å². The molecule has 0 unspecified atom stereocenters. The Morgan fingerprint density at radius 1 is 1.32 bits per heavy atom. The van der Waals surface area contributed by atoms with Gasteiger partial charge in [-0.1, -0.05) is 0 Å². The van der Waals surface area contributed by atoms with Crippen LogP contribution >= 0.6 is 0 Å². The van der Waals surface area contributed by atoms with Crippen LogP contribution in [-0.2, 0) is 11.3 Å². The molecule has 22 heavy (non-hydrogen) atoms. The monoisotopic (exact) mass is 299 g/mol. The first kappa shape index (κ1) is 14.1. The number of allylic oxidation sites excluding steroid dienone is 1. The molecule has 0 spiro atoms. The van der Waals surface area contributed by atoms with Gasteiger partial charge in [0.15, 0.2) is 0 Å². The molecule has 1 aromatic carbocycles. The second-order valence-corrected chi connectivity index (χ2v) is 5.05. The zero-order valence-corrected chi connectivity index (χ0v) is 12.7. The van der Waals surface area contributed by atoms with Gasteiger partial charge < -0.3 is 15.4 Å². The molecule has 2 aromatic rings. The molecule has 0 aliphatic carbocycles. The maximum atomic E-state index is 12.4. The van der Waals surface area contributed by atoms with Crippen molar-refractivity contribution in [2.24, 2.45) is 0 Å². The summed E-state index contributed by atoms with van der Waals surface area (Å²) in [6.07, 6.45) is 0. The number of methoxy groups -OCH3 is 1. The number of aromatic nitrogens is 3. The molecule has 3 rings (SSSR count). The fourth-order valence-electron chi connectivity index (χ4n) is 2.29. The highest BCUT2D eigenvalue weighted by atomic mass is 16.5. The van der Waals surface area contributed by atoms with Gasteiger partial charge in [-0.2, -0.15) is 10.1 Å². The van der Waals surface area contributed by atoms with Crippen LogP contribution in [-0.4, -0.2) is 27.8 Å². The normalized spacial score (nSPS) is 13.4. The SMILES string of the molecule is COc1ccc(NC(=O)C2=C(C)Nc3nc(C)nn3C2)cc1. The standard InChI is InChI=1S/C15H17N5O2/c1-9-13(8-20-15(16-9)17-10(2)19-20)14(21)18-11-4-6-12(22-3)7-5-11/h4-7H,8H2,1-3H3,(H,18,21)(H,16,17,19). The molecule has 2 heterocycles. The van der Waals surface area contributed by atoms with Crippen molar-refractivity contribution in [1.29, 1.82) is 0 Å². The van der Waals surface area contributed by atoms with Gasteiger partial charge in [-0.3, -0.25) is 4.79 Å². The fraction of sp³-hybridized carbons (Fsp3) is 0.267. The van der Waals surface area contributed by atoms with E-state index in [1.165, 1.54) is 0 Å². The predicted molar refractivity (Wildman–Crippen MR) is 82.7 cm³/mol. The van der Waals surface area contributed by atoms with Gasteiger partial charge in [-0.25, -0.2) is 4.68 Å². The number of nitrogens with one attached hydrogen (secondary N) is 2. The molecule has 0 atom stereocenters. The number of carbonyl (C=O) groups is 1. The molecule has 0 saturated carbocycles. The smallest absolute Gasteiger partial charge is 0.255 e. The third-order valence-electron chi connectivity index (χ3n) is 3.46. The summed E-state index contributed by atoms with van der Waals surface area (Å²) >= 11 is 0.